The highest BCUT2D eigenvalue weighted by Gasteiger charge is 2.35. The Morgan fingerprint density at radius 3 is 2.89 bits per heavy atom. The van der Waals surface area contributed by atoms with Crippen molar-refractivity contribution in [1.82, 2.24) is 0 Å². The van der Waals surface area contributed by atoms with E-state index in [9.17, 15) is 9.90 Å². The van der Waals surface area contributed by atoms with Crippen LogP contribution in [0.15, 0.2) is 33.5 Å². The highest BCUT2D eigenvalue weighted by atomic mass is 16.6. The highest BCUT2D eigenvalue weighted by molar-refractivity contribution is 5.79. The van der Waals surface area contributed by atoms with Gasteiger partial charge in [0.1, 0.15) is 11.3 Å². The third-order valence-corrected chi connectivity index (χ3v) is 3.36. The van der Waals surface area contributed by atoms with Crippen molar-refractivity contribution in [2.24, 2.45) is 5.41 Å². The summed E-state index contributed by atoms with van der Waals surface area (Å²) >= 11 is 0. The summed E-state index contributed by atoms with van der Waals surface area (Å²) in [6, 6.07) is 6.75. The maximum absolute atomic E-state index is 11.2. The first-order valence-electron chi connectivity index (χ1n) is 5.87. The van der Waals surface area contributed by atoms with Gasteiger partial charge in [-0.3, -0.25) is 0 Å². The van der Waals surface area contributed by atoms with E-state index < -0.39 is 6.29 Å². The zero-order chi connectivity index (χ0) is 12.9. The summed E-state index contributed by atoms with van der Waals surface area (Å²) in [5, 5.41) is 10.8. The standard InChI is InChI=1S/C14H14O4/c1-14(2)7-9-5-8-3-4-12(15)17-10(8)6-11(9)18-13(14)16/h3-6,13,16H,7H2,1-2H3. The van der Waals surface area contributed by atoms with Gasteiger partial charge in [-0.25, -0.2) is 4.79 Å². The van der Waals surface area contributed by atoms with Gasteiger partial charge in [-0.1, -0.05) is 13.8 Å². The summed E-state index contributed by atoms with van der Waals surface area (Å²) in [4.78, 5) is 11.2. The molecule has 1 aliphatic rings. The Morgan fingerprint density at radius 2 is 2.11 bits per heavy atom. The third kappa shape index (κ3) is 1.69. The van der Waals surface area contributed by atoms with Crippen molar-refractivity contribution >= 4 is 11.0 Å². The van der Waals surface area contributed by atoms with Gasteiger partial charge in [0.25, 0.3) is 0 Å². The lowest BCUT2D eigenvalue weighted by Crippen LogP contribution is -2.39. The minimum Gasteiger partial charge on any atom is -0.464 e. The number of hydrogen-bond acceptors (Lipinski definition) is 4. The van der Waals surface area contributed by atoms with Crippen LogP contribution >= 0.6 is 0 Å². The van der Waals surface area contributed by atoms with Crippen LogP contribution < -0.4 is 10.4 Å². The van der Waals surface area contributed by atoms with Crippen LogP contribution in [0.4, 0.5) is 0 Å². The summed E-state index contributed by atoms with van der Waals surface area (Å²) in [6.45, 7) is 3.91. The van der Waals surface area contributed by atoms with Crippen molar-refractivity contribution < 1.29 is 14.3 Å². The van der Waals surface area contributed by atoms with E-state index in [4.69, 9.17) is 9.15 Å². The molecule has 2 heterocycles. The molecule has 18 heavy (non-hydrogen) atoms. The Morgan fingerprint density at radius 1 is 1.33 bits per heavy atom. The molecule has 4 heteroatoms. The van der Waals surface area contributed by atoms with E-state index in [0.29, 0.717) is 11.3 Å². The van der Waals surface area contributed by atoms with E-state index in [1.807, 2.05) is 19.9 Å². The molecule has 4 nitrogen and oxygen atoms in total. The zero-order valence-electron chi connectivity index (χ0n) is 10.3. The van der Waals surface area contributed by atoms with Crippen LogP contribution in [0, 0.1) is 5.41 Å². The topological polar surface area (TPSA) is 59.7 Å². The van der Waals surface area contributed by atoms with Crippen molar-refractivity contribution in [3.8, 4) is 5.75 Å². The fourth-order valence-corrected chi connectivity index (χ4v) is 2.25. The number of benzene rings is 1. The smallest absolute Gasteiger partial charge is 0.336 e. The second kappa shape index (κ2) is 3.59. The molecule has 1 unspecified atom stereocenters. The van der Waals surface area contributed by atoms with Crippen LogP contribution in [0.1, 0.15) is 19.4 Å². The molecule has 1 atom stereocenters. The first-order valence-corrected chi connectivity index (χ1v) is 5.87. The first kappa shape index (κ1) is 11.3. The number of aliphatic hydroxyl groups excluding tert-OH is 1. The lowest BCUT2D eigenvalue weighted by Gasteiger charge is -2.36. The second-order valence-electron chi connectivity index (χ2n) is 5.39. The van der Waals surface area contributed by atoms with Crippen molar-refractivity contribution in [1.29, 1.82) is 0 Å². The molecule has 3 rings (SSSR count). The number of aliphatic hydroxyl groups is 1. The van der Waals surface area contributed by atoms with Crippen LogP contribution in [-0.2, 0) is 6.42 Å². The van der Waals surface area contributed by atoms with Gasteiger partial charge in [-0.2, -0.15) is 0 Å². The molecular weight excluding hydrogens is 232 g/mol. The van der Waals surface area contributed by atoms with Gasteiger partial charge < -0.3 is 14.3 Å². The predicted molar refractivity (Wildman–Crippen MR) is 66.6 cm³/mol. The fraction of sp³-hybridized carbons (Fsp3) is 0.357. The van der Waals surface area contributed by atoms with Crippen LogP contribution in [0.25, 0.3) is 11.0 Å². The monoisotopic (exact) mass is 246 g/mol. The maximum atomic E-state index is 11.2. The van der Waals surface area contributed by atoms with Gasteiger partial charge >= 0.3 is 5.63 Å². The lowest BCUT2D eigenvalue weighted by atomic mass is 9.82. The molecule has 0 radical (unpaired) electrons. The Bertz CT molecular complexity index is 669. The minimum atomic E-state index is -0.849. The number of fused-ring (bicyclic) bond motifs is 2. The summed E-state index contributed by atoms with van der Waals surface area (Å²) in [6.07, 6.45) is -0.128. The summed E-state index contributed by atoms with van der Waals surface area (Å²) in [7, 11) is 0. The molecule has 94 valence electrons. The van der Waals surface area contributed by atoms with Crippen molar-refractivity contribution in [3.05, 3.63) is 40.2 Å². The minimum absolute atomic E-state index is 0.323. The Hall–Kier alpha value is -1.81. The molecule has 1 aromatic carbocycles. The average Bonchev–Trinajstić information content (AvgIpc) is 2.28. The molecule has 1 aromatic heterocycles. The molecule has 1 N–H and O–H groups in total. The predicted octanol–water partition coefficient (Wildman–Crippen LogP) is 2.07. The normalized spacial score (nSPS) is 21.4. The molecule has 0 fully saturated rings. The van der Waals surface area contributed by atoms with Crippen LogP contribution in [0.3, 0.4) is 0 Å². The van der Waals surface area contributed by atoms with E-state index in [0.717, 1.165) is 17.4 Å². The number of ether oxygens (including phenoxy) is 1. The number of hydrogen-bond donors (Lipinski definition) is 1. The molecule has 0 spiro atoms. The SMILES string of the molecule is CC1(C)Cc2cc3ccc(=O)oc3cc2OC1O. The molecule has 0 saturated heterocycles. The van der Waals surface area contributed by atoms with Crippen LogP contribution in [0.5, 0.6) is 5.75 Å². The van der Waals surface area contributed by atoms with Crippen molar-refractivity contribution in [2.45, 2.75) is 26.6 Å². The molecule has 0 amide bonds. The molecule has 2 aromatic rings. The van der Waals surface area contributed by atoms with E-state index in [-0.39, 0.29) is 11.0 Å². The van der Waals surface area contributed by atoms with E-state index in [2.05, 4.69) is 0 Å². The molecule has 0 aliphatic carbocycles. The van der Waals surface area contributed by atoms with Crippen LogP contribution in [0.2, 0.25) is 0 Å². The van der Waals surface area contributed by atoms with E-state index in [1.54, 1.807) is 12.1 Å². The quantitative estimate of drug-likeness (QED) is 0.723. The largest absolute Gasteiger partial charge is 0.464 e. The zero-order valence-corrected chi connectivity index (χ0v) is 10.3. The summed E-state index contributed by atoms with van der Waals surface area (Å²) < 4.78 is 10.6. The summed E-state index contributed by atoms with van der Waals surface area (Å²) in [5.74, 6) is 0.587. The maximum Gasteiger partial charge on any atom is 0.336 e. The van der Waals surface area contributed by atoms with Crippen molar-refractivity contribution in [2.75, 3.05) is 0 Å². The molecule has 1 aliphatic heterocycles. The Balaban J connectivity index is 2.20. The van der Waals surface area contributed by atoms with Gasteiger partial charge in [-0.05, 0) is 24.1 Å². The van der Waals surface area contributed by atoms with Crippen molar-refractivity contribution in [3.63, 3.8) is 0 Å². The summed E-state index contributed by atoms with van der Waals surface area (Å²) in [5.41, 5.74) is 0.787. The van der Waals surface area contributed by atoms with Gasteiger partial charge in [-0.15, -0.1) is 0 Å². The third-order valence-electron chi connectivity index (χ3n) is 3.36. The Kier molecular flexibility index (Phi) is 2.25. The molecule has 0 saturated carbocycles. The van der Waals surface area contributed by atoms with E-state index >= 15 is 0 Å². The second-order valence-corrected chi connectivity index (χ2v) is 5.39. The van der Waals surface area contributed by atoms with Gasteiger partial charge in [0.2, 0.25) is 6.29 Å². The van der Waals surface area contributed by atoms with Gasteiger partial charge in [0.15, 0.2) is 0 Å². The average molecular weight is 246 g/mol. The Labute approximate surface area is 104 Å². The van der Waals surface area contributed by atoms with Gasteiger partial charge in [0.05, 0.1) is 0 Å². The molecule has 0 bridgehead atoms. The highest BCUT2D eigenvalue weighted by Crippen LogP contribution is 2.39. The number of rotatable bonds is 0. The van der Waals surface area contributed by atoms with Gasteiger partial charge in [0, 0.05) is 22.9 Å². The molecular formula is C14H14O4. The van der Waals surface area contributed by atoms with E-state index in [1.165, 1.54) is 6.07 Å². The lowest BCUT2D eigenvalue weighted by molar-refractivity contribution is -0.112. The fourth-order valence-electron chi connectivity index (χ4n) is 2.25. The first-order chi connectivity index (χ1) is 8.45. The van der Waals surface area contributed by atoms with Crippen LogP contribution in [-0.4, -0.2) is 11.4 Å².